The van der Waals surface area contributed by atoms with E-state index >= 15 is 0 Å². The Kier molecular flexibility index (Phi) is 3.58. The lowest BCUT2D eigenvalue weighted by atomic mass is 9.82. The van der Waals surface area contributed by atoms with E-state index in [0.717, 1.165) is 22.3 Å². The molecule has 1 atom stereocenters. The summed E-state index contributed by atoms with van der Waals surface area (Å²) < 4.78 is 6.13. The zero-order chi connectivity index (χ0) is 18.4. The van der Waals surface area contributed by atoms with Crippen LogP contribution in [0.15, 0.2) is 94.1 Å². The average molecular weight is 350 g/mol. The van der Waals surface area contributed by atoms with E-state index in [1.54, 1.807) is 6.07 Å². The van der Waals surface area contributed by atoms with E-state index in [4.69, 9.17) is 4.42 Å². The molecule has 0 amide bonds. The summed E-state index contributed by atoms with van der Waals surface area (Å²) in [6.07, 6.45) is 0. The van der Waals surface area contributed by atoms with Crippen molar-refractivity contribution >= 4 is 0 Å². The molecular formula is C25H18O2. The third-order valence-corrected chi connectivity index (χ3v) is 5.26. The Bertz CT molecular complexity index is 1200. The Labute approximate surface area is 157 Å². The van der Waals surface area contributed by atoms with Gasteiger partial charge < -0.3 is 4.42 Å². The fraction of sp³-hybridized carbons (Fsp3) is 0.0800. The number of hydrogen-bond donors (Lipinski definition) is 0. The second-order valence-corrected chi connectivity index (χ2v) is 6.94. The normalized spacial score (nSPS) is 14.6. The fourth-order valence-electron chi connectivity index (χ4n) is 4.16. The molecule has 1 aromatic heterocycles. The van der Waals surface area contributed by atoms with Gasteiger partial charge in [0.15, 0.2) is 5.43 Å². The molecular weight excluding hydrogens is 332 g/mol. The summed E-state index contributed by atoms with van der Waals surface area (Å²) in [4.78, 5) is 13.0. The summed E-state index contributed by atoms with van der Waals surface area (Å²) in [5.74, 6) is 1.34. The molecule has 27 heavy (non-hydrogen) atoms. The van der Waals surface area contributed by atoms with E-state index < -0.39 is 0 Å². The molecule has 4 aromatic rings. The van der Waals surface area contributed by atoms with E-state index in [2.05, 4.69) is 48.5 Å². The zero-order valence-electron chi connectivity index (χ0n) is 15.0. The van der Waals surface area contributed by atoms with Gasteiger partial charge in [-0.1, -0.05) is 78.9 Å². The molecule has 130 valence electrons. The van der Waals surface area contributed by atoms with Crippen LogP contribution in [0.5, 0.6) is 0 Å². The molecule has 3 aromatic carbocycles. The molecule has 1 aliphatic carbocycles. The first-order chi connectivity index (χ1) is 13.2. The smallest absolute Gasteiger partial charge is 0.193 e. The van der Waals surface area contributed by atoms with Crippen molar-refractivity contribution in [2.24, 2.45) is 0 Å². The van der Waals surface area contributed by atoms with Crippen molar-refractivity contribution in [1.82, 2.24) is 0 Å². The number of hydrogen-bond acceptors (Lipinski definition) is 2. The zero-order valence-corrected chi connectivity index (χ0v) is 15.0. The van der Waals surface area contributed by atoms with Crippen LogP contribution in [0.2, 0.25) is 0 Å². The van der Waals surface area contributed by atoms with Gasteiger partial charge in [0.25, 0.3) is 0 Å². The predicted molar refractivity (Wildman–Crippen MR) is 108 cm³/mol. The fourth-order valence-corrected chi connectivity index (χ4v) is 4.16. The highest BCUT2D eigenvalue weighted by Crippen LogP contribution is 2.46. The summed E-state index contributed by atoms with van der Waals surface area (Å²) in [5, 5.41) is 0. The summed E-state index contributed by atoms with van der Waals surface area (Å²) in [6.45, 7) is 1.83. The molecule has 0 N–H and O–H groups in total. The maximum Gasteiger partial charge on any atom is 0.193 e. The third kappa shape index (κ3) is 2.45. The molecule has 0 unspecified atom stereocenters. The first kappa shape index (κ1) is 15.8. The summed E-state index contributed by atoms with van der Waals surface area (Å²) in [6, 6.07) is 28.5. The Morgan fingerprint density at radius 1 is 0.741 bits per heavy atom. The van der Waals surface area contributed by atoms with Gasteiger partial charge in [-0.3, -0.25) is 4.79 Å². The summed E-state index contributed by atoms with van der Waals surface area (Å²) in [5.41, 5.74) is 6.08. The van der Waals surface area contributed by atoms with E-state index in [1.807, 2.05) is 37.3 Å². The van der Waals surface area contributed by atoms with E-state index in [0.29, 0.717) is 17.1 Å². The van der Waals surface area contributed by atoms with Gasteiger partial charge >= 0.3 is 0 Å². The molecule has 0 spiro atoms. The van der Waals surface area contributed by atoms with Crippen molar-refractivity contribution in [2.45, 2.75) is 12.8 Å². The first-order valence-electron chi connectivity index (χ1n) is 9.12. The number of fused-ring (bicyclic) bond motifs is 5. The lowest BCUT2D eigenvalue weighted by Crippen LogP contribution is -2.07. The van der Waals surface area contributed by atoms with Crippen molar-refractivity contribution in [3.05, 3.63) is 118 Å². The molecule has 0 radical (unpaired) electrons. The van der Waals surface area contributed by atoms with Crippen LogP contribution in [0, 0.1) is 6.92 Å². The highest BCUT2D eigenvalue weighted by molar-refractivity contribution is 5.86. The van der Waals surface area contributed by atoms with Crippen molar-refractivity contribution < 1.29 is 4.42 Å². The van der Waals surface area contributed by atoms with Gasteiger partial charge in [-0.25, -0.2) is 0 Å². The molecule has 0 aliphatic heterocycles. The highest BCUT2D eigenvalue weighted by Gasteiger charge is 2.30. The SMILES string of the molecule is Cc1cc(=O)c2c(o1)-c1ccccc1[C@H](c1ccccc1)c1ccccc1-2. The molecule has 0 bridgehead atoms. The highest BCUT2D eigenvalue weighted by atomic mass is 16.3. The summed E-state index contributed by atoms with van der Waals surface area (Å²) >= 11 is 0. The molecule has 0 fully saturated rings. The van der Waals surface area contributed by atoms with Crippen molar-refractivity contribution in [2.75, 3.05) is 0 Å². The Balaban J connectivity index is 1.97. The topological polar surface area (TPSA) is 30.2 Å². The number of benzene rings is 3. The lowest BCUT2D eigenvalue weighted by Gasteiger charge is -2.20. The Morgan fingerprint density at radius 3 is 2.07 bits per heavy atom. The third-order valence-electron chi connectivity index (χ3n) is 5.26. The molecule has 2 heteroatoms. The molecule has 0 saturated carbocycles. The van der Waals surface area contributed by atoms with Crippen LogP contribution >= 0.6 is 0 Å². The number of aryl methyl sites for hydroxylation is 1. The van der Waals surface area contributed by atoms with E-state index in [1.165, 1.54) is 5.56 Å². The minimum atomic E-state index is 0.00437. The second kappa shape index (κ2) is 6.10. The standard InChI is InChI=1S/C25H18O2/c1-16-15-22(26)24-19-12-6-5-11-18(19)23(17-9-3-2-4-10-17)20-13-7-8-14-21(20)25(24)27-16/h2-15,23H,1H3/t23-/m1/s1. The van der Waals surface area contributed by atoms with Gasteiger partial charge in [0.1, 0.15) is 11.5 Å². The molecule has 2 nitrogen and oxygen atoms in total. The van der Waals surface area contributed by atoms with E-state index in [9.17, 15) is 4.79 Å². The lowest BCUT2D eigenvalue weighted by molar-refractivity contribution is 0.531. The van der Waals surface area contributed by atoms with Crippen LogP contribution in [-0.2, 0) is 0 Å². The monoisotopic (exact) mass is 350 g/mol. The van der Waals surface area contributed by atoms with Crippen LogP contribution < -0.4 is 5.43 Å². The van der Waals surface area contributed by atoms with Crippen LogP contribution in [0.1, 0.15) is 28.4 Å². The largest absolute Gasteiger partial charge is 0.460 e. The maximum atomic E-state index is 13.0. The van der Waals surface area contributed by atoms with Gasteiger partial charge in [0.2, 0.25) is 0 Å². The van der Waals surface area contributed by atoms with Gasteiger partial charge in [-0.15, -0.1) is 0 Å². The average Bonchev–Trinajstić information content (AvgIpc) is 2.81. The van der Waals surface area contributed by atoms with Gasteiger partial charge in [0, 0.05) is 17.5 Å². The van der Waals surface area contributed by atoms with Crippen LogP contribution in [0.3, 0.4) is 0 Å². The van der Waals surface area contributed by atoms with Crippen molar-refractivity contribution in [3.8, 4) is 22.5 Å². The first-order valence-corrected chi connectivity index (χ1v) is 9.12. The molecule has 1 aliphatic rings. The number of rotatable bonds is 1. The second-order valence-electron chi connectivity index (χ2n) is 6.94. The van der Waals surface area contributed by atoms with Crippen LogP contribution in [0.25, 0.3) is 22.5 Å². The predicted octanol–water partition coefficient (Wildman–Crippen LogP) is 5.78. The minimum Gasteiger partial charge on any atom is -0.460 e. The van der Waals surface area contributed by atoms with Crippen molar-refractivity contribution in [3.63, 3.8) is 0 Å². The quantitative estimate of drug-likeness (QED) is 0.384. The van der Waals surface area contributed by atoms with Crippen LogP contribution in [-0.4, -0.2) is 0 Å². The van der Waals surface area contributed by atoms with E-state index in [-0.39, 0.29) is 11.3 Å². The molecule has 0 saturated heterocycles. The molecule has 1 heterocycles. The van der Waals surface area contributed by atoms with Gasteiger partial charge in [0.05, 0.1) is 5.56 Å². The summed E-state index contributed by atoms with van der Waals surface area (Å²) in [7, 11) is 0. The van der Waals surface area contributed by atoms with Gasteiger partial charge in [-0.05, 0) is 29.2 Å². The van der Waals surface area contributed by atoms with Crippen molar-refractivity contribution in [1.29, 1.82) is 0 Å². The minimum absolute atomic E-state index is 0.00437. The van der Waals surface area contributed by atoms with Crippen LogP contribution in [0.4, 0.5) is 0 Å². The Morgan fingerprint density at radius 2 is 1.33 bits per heavy atom. The molecule has 5 rings (SSSR count). The Hall–Kier alpha value is -3.39. The van der Waals surface area contributed by atoms with Gasteiger partial charge in [-0.2, -0.15) is 0 Å². The maximum absolute atomic E-state index is 13.0.